The highest BCUT2D eigenvalue weighted by atomic mass is 19.4. The zero-order valence-electron chi connectivity index (χ0n) is 14.1. The number of amides is 1. The number of carbonyl (C=O) groups is 1. The van der Waals surface area contributed by atoms with Crippen LogP contribution >= 0.6 is 0 Å². The van der Waals surface area contributed by atoms with Gasteiger partial charge in [0.15, 0.2) is 0 Å². The van der Waals surface area contributed by atoms with Crippen molar-refractivity contribution >= 4 is 5.91 Å². The molecule has 0 aromatic heterocycles. The Hall–Kier alpha value is -2.85. The van der Waals surface area contributed by atoms with Crippen molar-refractivity contribution in [3.05, 3.63) is 70.8 Å². The Morgan fingerprint density at radius 3 is 2.15 bits per heavy atom. The number of halogens is 3. The zero-order chi connectivity index (χ0) is 19.2. The maximum Gasteiger partial charge on any atom is 0.406 e. The van der Waals surface area contributed by atoms with E-state index in [-0.39, 0.29) is 12.1 Å². The number of alkyl halides is 3. The largest absolute Gasteiger partial charge is 0.406 e. The molecule has 0 aliphatic carbocycles. The van der Waals surface area contributed by atoms with E-state index in [2.05, 4.69) is 0 Å². The third kappa shape index (κ3) is 5.60. The van der Waals surface area contributed by atoms with E-state index in [1.807, 2.05) is 6.07 Å². The van der Waals surface area contributed by atoms with Gasteiger partial charge in [-0.25, -0.2) is 0 Å². The average molecular weight is 362 g/mol. The van der Waals surface area contributed by atoms with Gasteiger partial charge in [0, 0.05) is 19.2 Å². The quantitative estimate of drug-likeness (QED) is 0.783. The van der Waals surface area contributed by atoms with Crippen LogP contribution in [-0.2, 0) is 17.9 Å². The summed E-state index contributed by atoms with van der Waals surface area (Å²) in [5.74, 6) is -0.712. The van der Waals surface area contributed by atoms with Crippen LogP contribution in [0.15, 0.2) is 48.5 Å². The van der Waals surface area contributed by atoms with E-state index in [0.717, 1.165) is 10.5 Å². The van der Waals surface area contributed by atoms with Gasteiger partial charge in [-0.3, -0.25) is 4.79 Å². The highest BCUT2D eigenvalue weighted by molar-refractivity contribution is 5.94. The molecule has 0 N–H and O–H groups in total. The predicted octanol–water partition coefficient (Wildman–Crippen LogP) is 3.91. The van der Waals surface area contributed by atoms with Crippen LogP contribution in [0.25, 0.3) is 0 Å². The lowest BCUT2D eigenvalue weighted by molar-refractivity contribution is -0.141. The number of carbonyl (C=O) groups excluding carboxylic acids is 1. The van der Waals surface area contributed by atoms with E-state index in [4.69, 9.17) is 10.00 Å². The number of methoxy groups -OCH3 is 1. The molecular weight excluding hydrogens is 345 g/mol. The lowest BCUT2D eigenvalue weighted by atomic mass is 10.1. The van der Waals surface area contributed by atoms with Crippen LogP contribution in [0.5, 0.6) is 0 Å². The molecule has 136 valence electrons. The Balaban J connectivity index is 2.22. The van der Waals surface area contributed by atoms with E-state index in [1.165, 1.54) is 43.5 Å². The Labute approximate surface area is 149 Å². The molecule has 0 atom stereocenters. The fraction of sp³-hybridized carbons (Fsp3) is 0.263. The normalized spacial score (nSPS) is 11.0. The van der Waals surface area contributed by atoms with E-state index < -0.39 is 18.6 Å². The van der Waals surface area contributed by atoms with Gasteiger partial charge >= 0.3 is 6.18 Å². The minimum Gasteiger partial charge on any atom is -0.380 e. The molecule has 0 bridgehead atoms. The first-order chi connectivity index (χ1) is 12.3. The standard InChI is InChI=1S/C19H17F3N2O2/c1-26-12-16-6-8-17(9-7-16)18(25)24(13-19(20,21)22)11-15-4-2-14(10-23)3-5-15/h2-9H,11-13H2,1H3. The average Bonchev–Trinajstić information content (AvgIpc) is 2.61. The third-order valence-electron chi connectivity index (χ3n) is 3.63. The number of ether oxygens (including phenoxy) is 1. The number of hydrogen-bond acceptors (Lipinski definition) is 3. The van der Waals surface area contributed by atoms with Crippen LogP contribution in [0.3, 0.4) is 0 Å². The van der Waals surface area contributed by atoms with Crippen LogP contribution in [0.1, 0.15) is 27.0 Å². The van der Waals surface area contributed by atoms with Gasteiger partial charge in [-0.15, -0.1) is 0 Å². The summed E-state index contributed by atoms with van der Waals surface area (Å²) in [4.78, 5) is 13.3. The molecule has 2 aromatic rings. The van der Waals surface area contributed by atoms with Crippen molar-refractivity contribution in [3.63, 3.8) is 0 Å². The second kappa shape index (κ2) is 8.50. The van der Waals surface area contributed by atoms with Crippen LogP contribution in [-0.4, -0.2) is 30.6 Å². The van der Waals surface area contributed by atoms with Gasteiger partial charge in [0.1, 0.15) is 6.54 Å². The minimum atomic E-state index is -4.52. The van der Waals surface area contributed by atoms with Gasteiger partial charge in [0.25, 0.3) is 5.91 Å². The van der Waals surface area contributed by atoms with Crippen molar-refractivity contribution in [2.45, 2.75) is 19.3 Å². The molecule has 0 saturated carbocycles. The smallest absolute Gasteiger partial charge is 0.380 e. The Bertz CT molecular complexity index is 778. The molecule has 4 nitrogen and oxygen atoms in total. The first-order valence-electron chi connectivity index (χ1n) is 7.75. The first kappa shape index (κ1) is 19.5. The van der Waals surface area contributed by atoms with Crippen molar-refractivity contribution in [1.82, 2.24) is 4.90 Å². The monoisotopic (exact) mass is 362 g/mol. The van der Waals surface area contributed by atoms with Crippen LogP contribution in [0.2, 0.25) is 0 Å². The van der Waals surface area contributed by atoms with Crippen LogP contribution < -0.4 is 0 Å². The topological polar surface area (TPSA) is 53.3 Å². The molecule has 0 aliphatic rings. The van der Waals surface area contributed by atoms with Gasteiger partial charge in [0.05, 0.1) is 18.2 Å². The van der Waals surface area contributed by atoms with Gasteiger partial charge in [0.2, 0.25) is 0 Å². The first-order valence-corrected chi connectivity index (χ1v) is 7.75. The number of benzene rings is 2. The zero-order valence-corrected chi connectivity index (χ0v) is 14.1. The molecule has 0 unspecified atom stereocenters. The van der Waals surface area contributed by atoms with Crippen molar-refractivity contribution in [1.29, 1.82) is 5.26 Å². The summed E-state index contributed by atoms with van der Waals surface area (Å²) < 4.78 is 43.7. The molecule has 2 rings (SSSR count). The van der Waals surface area contributed by atoms with Crippen molar-refractivity contribution in [3.8, 4) is 6.07 Å². The van der Waals surface area contributed by atoms with E-state index in [0.29, 0.717) is 17.7 Å². The number of nitrogens with zero attached hydrogens (tertiary/aromatic N) is 2. The van der Waals surface area contributed by atoms with Crippen molar-refractivity contribution < 1.29 is 22.7 Å². The molecule has 26 heavy (non-hydrogen) atoms. The summed E-state index contributed by atoms with van der Waals surface area (Å²) in [6, 6.07) is 14.3. The van der Waals surface area contributed by atoms with Gasteiger partial charge in [-0.1, -0.05) is 24.3 Å². The lowest BCUT2D eigenvalue weighted by Crippen LogP contribution is -2.38. The van der Waals surface area contributed by atoms with Crippen LogP contribution in [0.4, 0.5) is 13.2 Å². The molecule has 0 radical (unpaired) electrons. The molecule has 0 spiro atoms. The molecule has 0 saturated heterocycles. The second-order valence-electron chi connectivity index (χ2n) is 5.72. The maximum absolute atomic E-state index is 12.9. The number of rotatable bonds is 6. The molecule has 0 aliphatic heterocycles. The van der Waals surface area contributed by atoms with Gasteiger partial charge in [-0.05, 0) is 35.4 Å². The van der Waals surface area contributed by atoms with Gasteiger partial charge in [-0.2, -0.15) is 18.4 Å². The van der Waals surface area contributed by atoms with Crippen molar-refractivity contribution in [2.24, 2.45) is 0 Å². The second-order valence-corrected chi connectivity index (χ2v) is 5.72. The van der Waals surface area contributed by atoms with Crippen molar-refractivity contribution in [2.75, 3.05) is 13.7 Å². The fourth-order valence-corrected chi connectivity index (χ4v) is 2.41. The summed E-state index contributed by atoms with van der Waals surface area (Å²) in [5, 5.41) is 8.79. The summed E-state index contributed by atoms with van der Waals surface area (Å²) in [6.07, 6.45) is -4.52. The van der Waals surface area contributed by atoms with E-state index in [1.54, 1.807) is 12.1 Å². The SMILES string of the molecule is COCc1ccc(C(=O)N(Cc2ccc(C#N)cc2)CC(F)(F)F)cc1. The Morgan fingerprint density at radius 2 is 1.65 bits per heavy atom. The van der Waals surface area contributed by atoms with Gasteiger partial charge < -0.3 is 9.64 Å². The summed E-state index contributed by atoms with van der Waals surface area (Å²) in [5.41, 5.74) is 1.90. The molecular formula is C19H17F3N2O2. The summed E-state index contributed by atoms with van der Waals surface area (Å²) >= 11 is 0. The number of nitriles is 1. The predicted molar refractivity (Wildman–Crippen MR) is 89.1 cm³/mol. The number of hydrogen-bond donors (Lipinski definition) is 0. The third-order valence-corrected chi connectivity index (χ3v) is 3.63. The fourth-order valence-electron chi connectivity index (χ4n) is 2.41. The Kier molecular flexibility index (Phi) is 6.36. The van der Waals surface area contributed by atoms with E-state index >= 15 is 0 Å². The summed E-state index contributed by atoms with van der Waals surface area (Å²) in [6.45, 7) is -1.21. The molecule has 2 aromatic carbocycles. The van der Waals surface area contributed by atoms with Crippen LogP contribution in [0, 0.1) is 11.3 Å². The van der Waals surface area contributed by atoms with E-state index in [9.17, 15) is 18.0 Å². The highest BCUT2D eigenvalue weighted by Gasteiger charge is 2.33. The molecule has 0 heterocycles. The maximum atomic E-state index is 12.9. The Morgan fingerprint density at radius 1 is 1.08 bits per heavy atom. The highest BCUT2D eigenvalue weighted by Crippen LogP contribution is 2.20. The lowest BCUT2D eigenvalue weighted by Gasteiger charge is -2.24. The molecule has 1 amide bonds. The molecule has 7 heteroatoms. The summed E-state index contributed by atoms with van der Waals surface area (Å²) in [7, 11) is 1.53. The molecule has 0 fully saturated rings. The minimum absolute atomic E-state index is 0.169.